The van der Waals surface area contributed by atoms with Gasteiger partial charge in [0.2, 0.25) is 0 Å². The van der Waals surface area contributed by atoms with Gasteiger partial charge in [-0.05, 0) is 56.3 Å². The molecule has 0 atom stereocenters. The fraction of sp³-hybridized carbons (Fsp3) is 0.381. The van der Waals surface area contributed by atoms with E-state index in [4.69, 9.17) is 27.9 Å². The molecule has 0 bridgehead atoms. The van der Waals surface area contributed by atoms with E-state index in [2.05, 4.69) is 15.2 Å². The maximum Gasteiger partial charge on any atom is 0.286 e. The van der Waals surface area contributed by atoms with E-state index in [9.17, 15) is 4.79 Å². The summed E-state index contributed by atoms with van der Waals surface area (Å²) < 4.78 is 5.22. The number of hydrogen-bond acceptors (Lipinski definition) is 3. The first-order valence-corrected chi connectivity index (χ1v) is 10.2. The van der Waals surface area contributed by atoms with Gasteiger partial charge in [-0.25, -0.2) is 0 Å². The Morgan fingerprint density at radius 3 is 2.71 bits per heavy atom. The van der Waals surface area contributed by atoms with E-state index < -0.39 is 0 Å². The fourth-order valence-electron chi connectivity index (χ4n) is 3.31. The number of fused-ring (bicyclic) bond motifs is 1. The Bertz CT molecular complexity index is 844. The highest BCUT2D eigenvalue weighted by Gasteiger charge is 2.12. The molecule has 1 aromatic carbocycles. The van der Waals surface area contributed by atoms with Crippen LogP contribution in [-0.2, 0) is 9.53 Å². The number of ether oxygens (including phenoxy) is 1. The molecule has 1 saturated heterocycles. The second-order valence-corrected chi connectivity index (χ2v) is 7.65. The van der Waals surface area contributed by atoms with Gasteiger partial charge in [0, 0.05) is 29.7 Å². The summed E-state index contributed by atoms with van der Waals surface area (Å²) in [5.41, 5.74) is 1.78. The third-order valence-corrected chi connectivity index (χ3v) is 5.53. The molecule has 0 spiro atoms. The number of rotatable bonds is 7. The first kappa shape index (κ1) is 20.8. The molecule has 1 amide bonds. The quantitative estimate of drug-likeness (QED) is 0.389. The Morgan fingerprint density at radius 2 is 1.96 bits per heavy atom. The van der Waals surface area contributed by atoms with Gasteiger partial charge in [-0.3, -0.25) is 4.79 Å². The van der Waals surface area contributed by atoms with Crippen LogP contribution in [0.5, 0.6) is 0 Å². The standard InChI is InChI=1S/C21H25Cl2N3O2/c1-28-20(21(27)24-8-11-26-9-3-2-4-10-26)7-5-6-16-12-15-13-17(22)18(23)14-19(15)25-16/h5-7,12-14,25H,2-4,8-11H2,1H3,(H,24,27)/b6-5+,20-7-. The lowest BCUT2D eigenvalue weighted by Crippen LogP contribution is -2.38. The van der Waals surface area contributed by atoms with Crippen molar-refractivity contribution in [1.82, 2.24) is 15.2 Å². The maximum absolute atomic E-state index is 12.3. The zero-order valence-electron chi connectivity index (χ0n) is 15.9. The normalized spacial score (nSPS) is 16.0. The van der Waals surface area contributed by atoms with E-state index >= 15 is 0 Å². The summed E-state index contributed by atoms with van der Waals surface area (Å²) in [6.45, 7) is 3.73. The molecule has 2 N–H and O–H groups in total. The van der Waals surface area contributed by atoms with Crippen molar-refractivity contribution in [2.24, 2.45) is 0 Å². The number of allylic oxidation sites excluding steroid dienone is 2. The predicted octanol–water partition coefficient (Wildman–Crippen LogP) is 4.62. The van der Waals surface area contributed by atoms with Crippen molar-refractivity contribution in [1.29, 1.82) is 0 Å². The fourth-order valence-corrected chi connectivity index (χ4v) is 3.65. The highest BCUT2D eigenvalue weighted by atomic mass is 35.5. The molecule has 1 aromatic heterocycles. The minimum atomic E-state index is -0.209. The second kappa shape index (κ2) is 10.0. The van der Waals surface area contributed by atoms with Crippen molar-refractivity contribution in [2.75, 3.05) is 33.3 Å². The van der Waals surface area contributed by atoms with Crippen molar-refractivity contribution >= 4 is 46.1 Å². The van der Waals surface area contributed by atoms with Crippen LogP contribution in [0.15, 0.2) is 36.1 Å². The van der Waals surface area contributed by atoms with Crippen LogP contribution in [0, 0.1) is 0 Å². The molecule has 0 aliphatic carbocycles. The number of likely N-dealkylation sites (tertiary alicyclic amines) is 1. The Kier molecular flexibility index (Phi) is 7.43. The Morgan fingerprint density at radius 1 is 1.21 bits per heavy atom. The van der Waals surface area contributed by atoms with Crippen LogP contribution < -0.4 is 5.32 Å². The van der Waals surface area contributed by atoms with Crippen LogP contribution in [0.2, 0.25) is 10.0 Å². The molecule has 3 rings (SSSR count). The molecule has 1 fully saturated rings. The van der Waals surface area contributed by atoms with E-state index in [0.29, 0.717) is 16.6 Å². The van der Waals surface area contributed by atoms with E-state index in [1.165, 1.54) is 26.4 Å². The molecular formula is C21H25Cl2N3O2. The molecule has 7 heteroatoms. The number of carbonyl (C=O) groups is 1. The summed E-state index contributed by atoms with van der Waals surface area (Å²) in [5.74, 6) is 0.0662. The number of carbonyl (C=O) groups excluding carboxylic acids is 1. The molecule has 150 valence electrons. The minimum absolute atomic E-state index is 0.209. The van der Waals surface area contributed by atoms with Crippen LogP contribution in [0.1, 0.15) is 25.0 Å². The van der Waals surface area contributed by atoms with Gasteiger partial charge in [-0.15, -0.1) is 0 Å². The lowest BCUT2D eigenvalue weighted by Gasteiger charge is -2.26. The molecule has 1 aliphatic rings. The van der Waals surface area contributed by atoms with Crippen molar-refractivity contribution in [3.63, 3.8) is 0 Å². The number of aromatic amines is 1. The number of benzene rings is 1. The number of aromatic nitrogens is 1. The van der Waals surface area contributed by atoms with Gasteiger partial charge < -0.3 is 19.9 Å². The van der Waals surface area contributed by atoms with Crippen LogP contribution in [-0.4, -0.2) is 49.1 Å². The summed E-state index contributed by atoms with van der Waals surface area (Å²) in [6.07, 6.45) is 9.09. The summed E-state index contributed by atoms with van der Waals surface area (Å²) in [4.78, 5) is 17.9. The molecule has 2 aromatic rings. The molecule has 28 heavy (non-hydrogen) atoms. The molecule has 0 radical (unpaired) electrons. The van der Waals surface area contributed by atoms with E-state index in [0.717, 1.165) is 36.2 Å². The zero-order valence-corrected chi connectivity index (χ0v) is 17.4. The molecule has 0 unspecified atom stereocenters. The van der Waals surface area contributed by atoms with Crippen molar-refractivity contribution < 1.29 is 9.53 Å². The number of hydrogen-bond donors (Lipinski definition) is 2. The summed E-state index contributed by atoms with van der Waals surface area (Å²) >= 11 is 12.1. The maximum atomic E-state index is 12.3. The van der Waals surface area contributed by atoms with Gasteiger partial charge in [0.15, 0.2) is 5.76 Å². The average Bonchev–Trinajstić information content (AvgIpc) is 3.07. The minimum Gasteiger partial charge on any atom is -0.491 e. The number of nitrogens with zero attached hydrogens (tertiary/aromatic N) is 1. The second-order valence-electron chi connectivity index (χ2n) is 6.83. The molecular weight excluding hydrogens is 397 g/mol. The monoisotopic (exact) mass is 421 g/mol. The number of methoxy groups -OCH3 is 1. The Balaban J connectivity index is 1.56. The summed E-state index contributed by atoms with van der Waals surface area (Å²) in [6, 6.07) is 5.58. The first-order valence-electron chi connectivity index (χ1n) is 9.47. The van der Waals surface area contributed by atoms with Crippen LogP contribution in [0.3, 0.4) is 0 Å². The number of H-pyrrole nitrogens is 1. The Labute approximate surface area is 175 Å². The SMILES string of the molecule is CO/C(=C\C=C\c1cc2cc(Cl)c(Cl)cc2[nH]1)C(=O)NCCN1CCCCC1. The smallest absolute Gasteiger partial charge is 0.286 e. The van der Waals surface area contributed by atoms with Gasteiger partial charge in [-0.1, -0.05) is 35.7 Å². The molecule has 0 saturated carbocycles. The van der Waals surface area contributed by atoms with E-state index in [-0.39, 0.29) is 11.7 Å². The number of halogens is 2. The van der Waals surface area contributed by atoms with Gasteiger partial charge >= 0.3 is 0 Å². The van der Waals surface area contributed by atoms with Gasteiger partial charge in [0.1, 0.15) is 0 Å². The zero-order chi connectivity index (χ0) is 19.9. The van der Waals surface area contributed by atoms with Crippen molar-refractivity contribution in [2.45, 2.75) is 19.3 Å². The number of piperidine rings is 1. The largest absolute Gasteiger partial charge is 0.491 e. The van der Waals surface area contributed by atoms with Crippen LogP contribution >= 0.6 is 23.2 Å². The molecule has 2 heterocycles. The van der Waals surface area contributed by atoms with Gasteiger partial charge in [-0.2, -0.15) is 0 Å². The third kappa shape index (κ3) is 5.53. The van der Waals surface area contributed by atoms with Gasteiger partial charge in [0.25, 0.3) is 5.91 Å². The highest BCUT2D eigenvalue weighted by molar-refractivity contribution is 6.42. The highest BCUT2D eigenvalue weighted by Crippen LogP contribution is 2.28. The van der Waals surface area contributed by atoms with E-state index in [1.54, 1.807) is 18.2 Å². The van der Waals surface area contributed by atoms with E-state index in [1.807, 2.05) is 18.2 Å². The van der Waals surface area contributed by atoms with Gasteiger partial charge in [0.05, 0.1) is 17.2 Å². The number of amides is 1. The van der Waals surface area contributed by atoms with Crippen LogP contribution in [0.25, 0.3) is 17.0 Å². The van der Waals surface area contributed by atoms with Crippen molar-refractivity contribution in [3.8, 4) is 0 Å². The molecule has 5 nitrogen and oxygen atoms in total. The van der Waals surface area contributed by atoms with Crippen molar-refractivity contribution in [3.05, 3.63) is 51.8 Å². The third-order valence-electron chi connectivity index (χ3n) is 4.81. The predicted molar refractivity (Wildman–Crippen MR) is 116 cm³/mol. The lowest BCUT2D eigenvalue weighted by atomic mass is 10.1. The van der Waals surface area contributed by atoms with Crippen LogP contribution in [0.4, 0.5) is 0 Å². The summed E-state index contributed by atoms with van der Waals surface area (Å²) in [7, 11) is 1.50. The average molecular weight is 422 g/mol. The number of nitrogens with one attached hydrogen (secondary N) is 2. The lowest BCUT2D eigenvalue weighted by molar-refractivity contribution is -0.120. The summed E-state index contributed by atoms with van der Waals surface area (Å²) in [5, 5.41) is 4.92. The first-order chi connectivity index (χ1) is 13.6. The molecule has 1 aliphatic heterocycles. The topological polar surface area (TPSA) is 57.4 Å². The Hall–Kier alpha value is -1.95.